The van der Waals surface area contributed by atoms with Crippen LogP contribution in [-0.2, 0) is 0 Å². The van der Waals surface area contributed by atoms with Crippen LogP contribution in [0, 0.1) is 15.3 Å². The van der Waals surface area contributed by atoms with Crippen LogP contribution in [0.2, 0.25) is 0 Å². The maximum atomic E-state index is 13.7. The average molecular weight is 331 g/mol. The zero-order chi connectivity index (χ0) is 11.3. The Morgan fingerprint density at radius 2 is 2.12 bits per heavy atom. The van der Waals surface area contributed by atoms with Gasteiger partial charge in [0.1, 0.15) is 5.82 Å². The minimum atomic E-state index is -0.410. The second-order valence-electron chi connectivity index (χ2n) is 4.81. The number of nitrogens with one attached hydrogen (secondary N) is 1. The van der Waals surface area contributed by atoms with E-state index in [0.717, 1.165) is 25.2 Å². The van der Waals surface area contributed by atoms with Crippen LogP contribution in [0.3, 0.4) is 0 Å². The van der Waals surface area contributed by atoms with Gasteiger partial charge in [0.05, 0.1) is 5.56 Å². The minimum Gasteiger partial charge on any atom is -0.346 e. The lowest BCUT2D eigenvalue weighted by Gasteiger charge is -2.61. The highest BCUT2D eigenvalue weighted by atomic mass is 127. The molecule has 0 atom stereocenters. The summed E-state index contributed by atoms with van der Waals surface area (Å²) in [6, 6.07) is 4.91. The summed E-state index contributed by atoms with van der Waals surface area (Å²) in [4.78, 5) is 11.9. The molecule has 2 bridgehead atoms. The number of benzene rings is 1. The molecule has 1 aromatic carbocycles. The molecule has 0 spiro atoms. The van der Waals surface area contributed by atoms with E-state index >= 15 is 0 Å². The average Bonchev–Trinajstić information content (AvgIpc) is 2.13. The Labute approximate surface area is 107 Å². The summed E-state index contributed by atoms with van der Waals surface area (Å²) in [5.41, 5.74) is 0.173. The molecule has 0 unspecified atom stereocenters. The summed E-state index contributed by atoms with van der Waals surface area (Å²) in [7, 11) is 0. The third-order valence-corrected chi connectivity index (χ3v) is 4.45. The first-order chi connectivity index (χ1) is 7.60. The first-order valence-electron chi connectivity index (χ1n) is 5.36. The van der Waals surface area contributed by atoms with Crippen LogP contribution in [0.1, 0.15) is 29.6 Å². The molecule has 0 aromatic heterocycles. The second-order valence-corrected chi connectivity index (χ2v) is 5.98. The van der Waals surface area contributed by atoms with Gasteiger partial charge in [-0.25, -0.2) is 4.39 Å². The predicted molar refractivity (Wildman–Crippen MR) is 66.7 cm³/mol. The van der Waals surface area contributed by atoms with E-state index in [1.54, 1.807) is 12.1 Å². The standard InChI is InChI=1S/C12H11FINO/c13-10-8(2-1-3-9(10)14)11(16)15-12-4-7(5-12)6-12/h1-3,7H,4-6H2,(H,15,16). The molecule has 4 rings (SSSR count). The van der Waals surface area contributed by atoms with Crippen LogP contribution >= 0.6 is 22.6 Å². The van der Waals surface area contributed by atoms with E-state index in [1.807, 2.05) is 22.6 Å². The van der Waals surface area contributed by atoms with Crippen LogP contribution in [0.15, 0.2) is 18.2 Å². The molecule has 3 aliphatic carbocycles. The van der Waals surface area contributed by atoms with Crippen LogP contribution in [-0.4, -0.2) is 11.4 Å². The lowest BCUT2D eigenvalue weighted by Crippen LogP contribution is -2.68. The largest absolute Gasteiger partial charge is 0.346 e. The van der Waals surface area contributed by atoms with Crippen LogP contribution in [0.4, 0.5) is 4.39 Å². The number of amides is 1. The maximum absolute atomic E-state index is 13.7. The molecule has 84 valence electrons. The first kappa shape index (κ1) is 10.5. The van der Waals surface area contributed by atoms with Gasteiger partial charge < -0.3 is 5.32 Å². The third-order valence-electron chi connectivity index (χ3n) is 3.61. The Hall–Kier alpha value is -0.650. The predicted octanol–water partition coefficient (Wildman–Crippen LogP) is 2.71. The number of halogens is 2. The molecule has 3 aliphatic rings. The van der Waals surface area contributed by atoms with E-state index in [9.17, 15) is 9.18 Å². The van der Waals surface area contributed by atoms with Gasteiger partial charge >= 0.3 is 0 Å². The van der Waals surface area contributed by atoms with Gasteiger partial charge in [0.25, 0.3) is 5.91 Å². The molecule has 1 amide bonds. The Balaban J connectivity index is 1.80. The maximum Gasteiger partial charge on any atom is 0.254 e. The van der Waals surface area contributed by atoms with Crippen LogP contribution < -0.4 is 5.32 Å². The van der Waals surface area contributed by atoms with Crippen molar-refractivity contribution in [3.63, 3.8) is 0 Å². The zero-order valence-corrected chi connectivity index (χ0v) is 10.8. The molecule has 0 radical (unpaired) electrons. The molecular formula is C12H11FINO. The topological polar surface area (TPSA) is 29.1 Å². The Morgan fingerprint density at radius 3 is 2.69 bits per heavy atom. The lowest BCUT2D eigenvalue weighted by atomic mass is 9.50. The normalized spacial score (nSPS) is 30.2. The Kier molecular flexibility index (Phi) is 2.24. The van der Waals surface area contributed by atoms with Gasteiger partial charge in [-0.15, -0.1) is 0 Å². The summed E-state index contributed by atoms with van der Waals surface area (Å²) in [6.45, 7) is 0. The molecule has 1 N–H and O–H groups in total. The van der Waals surface area contributed by atoms with Crippen molar-refractivity contribution in [1.29, 1.82) is 0 Å². The van der Waals surface area contributed by atoms with Gasteiger partial charge in [0.15, 0.2) is 0 Å². The van der Waals surface area contributed by atoms with Crippen LogP contribution in [0.5, 0.6) is 0 Å². The van der Waals surface area contributed by atoms with Crippen molar-refractivity contribution in [1.82, 2.24) is 5.32 Å². The Bertz CT molecular complexity index is 457. The van der Waals surface area contributed by atoms with E-state index in [-0.39, 0.29) is 17.0 Å². The smallest absolute Gasteiger partial charge is 0.254 e. The van der Waals surface area contributed by atoms with E-state index < -0.39 is 5.82 Å². The van der Waals surface area contributed by atoms with Gasteiger partial charge in [-0.05, 0) is 59.9 Å². The van der Waals surface area contributed by atoms with Crippen LogP contribution in [0.25, 0.3) is 0 Å². The molecule has 0 saturated heterocycles. The SMILES string of the molecule is O=C(NC12CC(C1)C2)c1cccc(I)c1F. The van der Waals surface area contributed by atoms with Gasteiger partial charge in [-0.2, -0.15) is 0 Å². The van der Waals surface area contributed by atoms with Gasteiger partial charge in [-0.1, -0.05) is 6.07 Å². The summed E-state index contributed by atoms with van der Waals surface area (Å²) in [5, 5.41) is 2.96. The van der Waals surface area contributed by atoms with Crippen molar-refractivity contribution in [2.45, 2.75) is 24.8 Å². The van der Waals surface area contributed by atoms with Crippen molar-refractivity contribution in [2.75, 3.05) is 0 Å². The van der Waals surface area contributed by atoms with Gasteiger partial charge in [0, 0.05) is 9.11 Å². The van der Waals surface area contributed by atoms with Gasteiger partial charge in [0.2, 0.25) is 0 Å². The zero-order valence-electron chi connectivity index (χ0n) is 8.59. The molecule has 16 heavy (non-hydrogen) atoms. The fraction of sp³-hybridized carbons (Fsp3) is 0.417. The van der Waals surface area contributed by atoms with E-state index in [2.05, 4.69) is 5.32 Å². The van der Waals surface area contributed by atoms with Crippen molar-refractivity contribution >= 4 is 28.5 Å². The monoisotopic (exact) mass is 331 g/mol. The lowest BCUT2D eigenvalue weighted by molar-refractivity contribution is -0.0439. The number of carbonyl (C=O) groups excluding carboxylic acids is 1. The van der Waals surface area contributed by atoms with E-state index in [4.69, 9.17) is 0 Å². The number of rotatable bonds is 2. The highest BCUT2D eigenvalue weighted by Crippen LogP contribution is 2.56. The summed E-state index contributed by atoms with van der Waals surface area (Å²) < 4.78 is 14.2. The molecular weight excluding hydrogens is 320 g/mol. The highest BCUT2D eigenvalue weighted by Gasteiger charge is 2.57. The summed E-state index contributed by atoms with van der Waals surface area (Å²) in [5.74, 6) is 0.127. The van der Waals surface area contributed by atoms with E-state index in [1.165, 1.54) is 6.07 Å². The Morgan fingerprint density at radius 1 is 1.44 bits per heavy atom. The van der Waals surface area contributed by atoms with Crippen molar-refractivity contribution in [2.24, 2.45) is 5.92 Å². The quantitative estimate of drug-likeness (QED) is 0.830. The van der Waals surface area contributed by atoms with Crippen molar-refractivity contribution in [3.05, 3.63) is 33.1 Å². The number of hydrogen-bond acceptors (Lipinski definition) is 1. The third kappa shape index (κ3) is 1.46. The van der Waals surface area contributed by atoms with Gasteiger partial charge in [-0.3, -0.25) is 4.79 Å². The van der Waals surface area contributed by atoms with E-state index in [0.29, 0.717) is 3.57 Å². The molecule has 3 saturated carbocycles. The molecule has 4 heteroatoms. The first-order valence-corrected chi connectivity index (χ1v) is 6.44. The number of carbonyl (C=O) groups is 1. The number of hydrogen-bond donors (Lipinski definition) is 1. The van der Waals surface area contributed by atoms with Crippen molar-refractivity contribution in [3.8, 4) is 0 Å². The minimum absolute atomic E-state index is 0.00939. The molecule has 0 heterocycles. The molecule has 3 fully saturated rings. The second kappa shape index (κ2) is 3.42. The fourth-order valence-corrected chi connectivity index (χ4v) is 3.12. The van der Waals surface area contributed by atoms with Crippen molar-refractivity contribution < 1.29 is 9.18 Å². The highest BCUT2D eigenvalue weighted by molar-refractivity contribution is 14.1. The molecule has 2 nitrogen and oxygen atoms in total. The fourth-order valence-electron chi connectivity index (χ4n) is 2.62. The summed E-state index contributed by atoms with van der Waals surface area (Å²) in [6.07, 6.45) is 3.22. The molecule has 0 aliphatic heterocycles. The summed E-state index contributed by atoms with van der Waals surface area (Å²) >= 11 is 1.90. The molecule has 1 aromatic rings.